The van der Waals surface area contributed by atoms with Gasteiger partial charge >= 0.3 is 0 Å². The molecule has 0 aliphatic heterocycles. The van der Waals surface area contributed by atoms with E-state index in [1.807, 2.05) is 32.0 Å². The maximum atomic E-state index is 12.4. The highest BCUT2D eigenvalue weighted by Gasteiger charge is 2.14. The Balaban J connectivity index is 2.14. The lowest BCUT2D eigenvalue weighted by atomic mass is 10.0. The van der Waals surface area contributed by atoms with Gasteiger partial charge in [-0.1, -0.05) is 38.1 Å². The molecular formula is C20H23NO4. The Hall–Kier alpha value is -2.82. The van der Waals surface area contributed by atoms with Crippen molar-refractivity contribution < 1.29 is 19.1 Å². The third-order valence-electron chi connectivity index (χ3n) is 3.97. The Morgan fingerprint density at radius 2 is 1.72 bits per heavy atom. The van der Waals surface area contributed by atoms with Crippen LogP contribution in [0.2, 0.25) is 0 Å². The summed E-state index contributed by atoms with van der Waals surface area (Å²) in [6.07, 6.45) is 2.33. The number of amides is 1. The van der Waals surface area contributed by atoms with E-state index in [1.165, 1.54) is 7.11 Å². The zero-order chi connectivity index (χ0) is 18.2. The van der Waals surface area contributed by atoms with Crippen molar-refractivity contribution in [3.8, 4) is 11.5 Å². The van der Waals surface area contributed by atoms with E-state index in [9.17, 15) is 9.59 Å². The van der Waals surface area contributed by atoms with Crippen LogP contribution in [0.5, 0.6) is 11.5 Å². The van der Waals surface area contributed by atoms with Crippen LogP contribution in [-0.4, -0.2) is 25.9 Å². The van der Waals surface area contributed by atoms with Crippen LogP contribution in [0.25, 0.3) is 0 Å². The molecule has 0 aliphatic rings. The minimum Gasteiger partial charge on any atom is -0.493 e. The SMILES string of the molecule is CCc1cccc(CC)c1NC(=O)COc1c(C=O)cccc1OC. The van der Waals surface area contributed by atoms with Crippen molar-refractivity contribution in [3.05, 3.63) is 53.1 Å². The lowest BCUT2D eigenvalue weighted by molar-refractivity contribution is -0.118. The van der Waals surface area contributed by atoms with E-state index < -0.39 is 0 Å². The number of carbonyl (C=O) groups excluding carboxylic acids is 2. The molecule has 0 spiro atoms. The van der Waals surface area contributed by atoms with Gasteiger partial charge in [0, 0.05) is 5.69 Å². The highest BCUT2D eigenvalue weighted by molar-refractivity contribution is 5.93. The Bertz CT molecular complexity index is 733. The number of hydrogen-bond acceptors (Lipinski definition) is 4. The summed E-state index contributed by atoms with van der Waals surface area (Å²) >= 11 is 0. The van der Waals surface area contributed by atoms with Gasteiger partial charge < -0.3 is 14.8 Å². The summed E-state index contributed by atoms with van der Waals surface area (Å²) in [5.41, 5.74) is 3.35. The monoisotopic (exact) mass is 341 g/mol. The molecule has 5 heteroatoms. The summed E-state index contributed by atoms with van der Waals surface area (Å²) < 4.78 is 10.8. The molecule has 0 radical (unpaired) electrons. The van der Waals surface area contributed by atoms with E-state index in [0.29, 0.717) is 17.6 Å². The number of aryl methyl sites for hydroxylation is 2. The van der Waals surface area contributed by atoms with Crippen LogP contribution in [0, 0.1) is 0 Å². The Kier molecular flexibility index (Phi) is 6.57. The van der Waals surface area contributed by atoms with Crippen molar-refractivity contribution >= 4 is 17.9 Å². The fraction of sp³-hybridized carbons (Fsp3) is 0.300. The molecule has 1 N–H and O–H groups in total. The van der Waals surface area contributed by atoms with Gasteiger partial charge in [0.25, 0.3) is 5.91 Å². The second-order valence-electron chi connectivity index (χ2n) is 5.49. The molecule has 0 aliphatic carbocycles. The third-order valence-corrected chi connectivity index (χ3v) is 3.97. The standard InChI is InChI=1S/C20H23NO4/c1-4-14-8-6-9-15(5-2)19(14)21-18(23)13-25-20-16(12-22)10-7-11-17(20)24-3/h6-12H,4-5,13H2,1-3H3,(H,21,23). The van der Waals surface area contributed by atoms with E-state index in [1.54, 1.807) is 18.2 Å². The third kappa shape index (κ3) is 4.38. The molecular weight excluding hydrogens is 318 g/mol. The number of ether oxygens (including phenoxy) is 2. The molecule has 132 valence electrons. The fourth-order valence-electron chi connectivity index (χ4n) is 2.66. The van der Waals surface area contributed by atoms with Crippen molar-refractivity contribution in [3.63, 3.8) is 0 Å². The van der Waals surface area contributed by atoms with E-state index >= 15 is 0 Å². The van der Waals surface area contributed by atoms with E-state index in [-0.39, 0.29) is 18.3 Å². The van der Waals surface area contributed by atoms with Crippen LogP contribution < -0.4 is 14.8 Å². The molecule has 0 heterocycles. The first-order valence-electron chi connectivity index (χ1n) is 8.30. The maximum Gasteiger partial charge on any atom is 0.262 e. The Labute approximate surface area is 148 Å². The molecule has 0 atom stereocenters. The molecule has 0 fully saturated rings. The number of hydrogen-bond donors (Lipinski definition) is 1. The highest BCUT2D eigenvalue weighted by Crippen LogP contribution is 2.30. The average Bonchev–Trinajstić information content (AvgIpc) is 2.65. The van der Waals surface area contributed by atoms with Crippen LogP contribution >= 0.6 is 0 Å². The number of nitrogens with one attached hydrogen (secondary N) is 1. The number of carbonyl (C=O) groups is 2. The van der Waals surface area contributed by atoms with Crippen LogP contribution in [-0.2, 0) is 17.6 Å². The van der Waals surface area contributed by atoms with Crippen molar-refractivity contribution in [2.45, 2.75) is 26.7 Å². The predicted octanol–water partition coefficient (Wildman–Crippen LogP) is 3.65. The molecule has 0 unspecified atom stereocenters. The lowest BCUT2D eigenvalue weighted by Crippen LogP contribution is -2.22. The number of anilines is 1. The van der Waals surface area contributed by atoms with Gasteiger partial charge in [-0.25, -0.2) is 0 Å². The van der Waals surface area contributed by atoms with Crippen LogP contribution in [0.15, 0.2) is 36.4 Å². The average molecular weight is 341 g/mol. The van der Waals surface area contributed by atoms with Gasteiger partial charge in [-0.2, -0.15) is 0 Å². The van der Waals surface area contributed by atoms with Crippen LogP contribution in [0.4, 0.5) is 5.69 Å². The zero-order valence-corrected chi connectivity index (χ0v) is 14.8. The largest absolute Gasteiger partial charge is 0.493 e. The summed E-state index contributed by atoms with van der Waals surface area (Å²) in [7, 11) is 1.49. The molecule has 0 saturated heterocycles. The van der Waals surface area contributed by atoms with Crippen molar-refractivity contribution in [1.29, 1.82) is 0 Å². The highest BCUT2D eigenvalue weighted by atomic mass is 16.5. The second kappa shape index (κ2) is 8.87. The van der Waals surface area contributed by atoms with Gasteiger partial charge in [0.15, 0.2) is 24.4 Å². The van der Waals surface area contributed by atoms with Gasteiger partial charge in [-0.05, 0) is 36.1 Å². The number of aldehydes is 1. The van der Waals surface area contributed by atoms with Gasteiger partial charge in [0.2, 0.25) is 0 Å². The molecule has 2 aromatic rings. The summed E-state index contributed by atoms with van der Waals surface area (Å²) in [6.45, 7) is 3.89. The van der Waals surface area contributed by atoms with Crippen LogP contribution in [0.3, 0.4) is 0 Å². The second-order valence-corrected chi connectivity index (χ2v) is 5.49. The Morgan fingerprint density at radius 1 is 1.08 bits per heavy atom. The molecule has 25 heavy (non-hydrogen) atoms. The van der Waals surface area contributed by atoms with E-state index in [2.05, 4.69) is 5.32 Å². The number of rotatable bonds is 8. The topological polar surface area (TPSA) is 64.6 Å². The first-order valence-corrected chi connectivity index (χ1v) is 8.30. The molecule has 0 saturated carbocycles. The quantitative estimate of drug-likeness (QED) is 0.744. The summed E-state index contributed by atoms with van der Waals surface area (Å²) in [5, 5.41) is 2.93. The van der Waals surface area contributed by atoms with Crippen LogP contribution in [0.1, 0.15) is 35.3 Å². The van der Waals surface area contributed by atoms with Gasteiger partial charge in [-0.3, -0.25) is 9.59 Å². The van der Waals surface area contributed by atoms with Crippen molar-refractivity contribution in [2.75, 3.05) is 19.0 Å². The van der Waals surface area contributed by atoms with E-state index in [0.717, 1.165) is 29.7 Å². The van der Waals surface area contributed by atoms with Crippen molar-refractivity contribution in [2.24, 2.45) is 0 Å². The summed E-state index contributed by atoms with van der Waals surface area (Å²) in [6, 6.07) is 11.0. The molecule has 5 nitrogen and oxygen atoms in total. The van der Waals surface area contributed by atoms with Crippen molar-refractivity contribution in [1.82, 2.24) is 0 Å². The normalized spacial score (nSPS) is 10.2. The smallest absolute Gasteiger partial charge is 0.262 e. The number of methoxy groups -OCH3 is 1. The van der Waals surface area contributed by atoms with E-state index in [4.69, 9.17) is 9.47 Å². The molecule has 2 aromatic carbocycles. The molecule has 0 aromatic heterocycles. The fourth-order valence-corrected chi connectivity index (χ4v) is 2.66. The van der Waals surface area contributed by atoms with Gasteiger partial charge in [-0.15, -0.1) is 0 Å². The van der Waals surface area contributed by atoms with Gasteiger partial charge in [0.1, 0.15) is 0 Å². The number of para-hydroxylation sites is 2. The summed E-state index contributed by atoms with van der Waals surface area (Å²) in [5.74, 6) is 0.411. The molecule has 1 amide bonds. The molecule has 0 bridgehead atoms. The number of benzene rings is 2. The minimum atomic E-state index is -0.279. The first kappa shape index (κ1) is 18.5. The zero-order valence-electron chi connectivity index (χ0n) is 14.8. The predicted molar refractivity (Wildman–Crippen MR) is 97.7 cm³/mol. The first-order chi connectivity index (χ1) is 12.1. The minimum absolute atomic E-state index is 0.206. The summed E-state index contributed by atoms with van der Waals surface area (Å²) in [4.78, 5) is 23.5. The Morgan fingerprint density at radius 3 is 2.28 bits per heavy atom. The van der Waals surface area contributed by atoms with Gasteiger partial charge in [0.05, 0.1) is 12.7 Å². The lowest BCUT2D eigenvalue weighted by Gasteiger charge is -2.16. The maximum absolute atomic E-state index is 12.4. The molecule has 2 rings (SSSR count).